The van der Waals surface area contributed by atoms with Gasteiger partial charge in [0.15, 0.2) is 5.16 Å². The second-order valence-electron chi connectivity index (χ2n) is 7.37. The molecule has 29 heavy (non-hydrogen) atoms. The van der Waals surface area contributed by atoms with Crippen molar-refractivity contribution >= 4 is 50.2 Å². The van der Waals surface area contributed by atoms with E-state index in [0.717, 1.165) is 21.5 Å². The highest BCUT2D eigenvalue weighted by atomic mass is 79.9. The fraction of sp³-hybridized carbons (Fsp3) is 0.400. The number of carbonyl (C=O) groups is 1. The largest absolute Gasteiger partial charge is 0.322 e. The van der Waals surface area contributed by atoms with Crippen LogP contribution in [0.3, 0.4) is 0 Å². The number of nitrogens with one attached hydrogen (secondary N) is 1. The standard InChI is InChI=1S/C20H24BrN5O2S/c1-11(2)9-26-19(28)15-8-14(21)6-7-16(15)22-20(26)29-10-17(27)23-18-12(3)24-25(5)13(18)4/h6-8,11H,9-10H2,1-5H3,(H,23,27). The lowest BCUT2D eigenvalue weighted by Gasteiger charge is -2.15. The van der Waals surface area contributed by atoms with Crippen LogP contribution in [0.15, 0.2) is 32.6 Å². The molecule has 0 aliphatic heterocycles. The first kappa shape index (κ1) is 21.6. The van der Waals surface area contributed by atoms with Crippen molar-refractivity contribution in [1.29, 1.82) is 0 Å². The van der Waals surface area contributed by atoms with E-state index < -0.39 is 0 Å². The van der Waals surface area contributed by atoms with Gasteiger partial charge in [-0.25, -0.2) is 4.98 Å². The number of amides is 1. The van der Waals surface area contributed by atoms with Crippen molar-refractivity contribution in [3.05, 3.63) is 44.4 Å². The zero-order valence-electron chi connectivity index (χ0n) is 17.1. The van der Waals surface area contributed by atoms with Gasteiger partial charge in [0.2, 0.25) is 5.91 Å². The molecular weight excluding hydrogens is 454 g/mol. The Labute approximate surface area is 182 Å². The predicted octanol–water partition coefficient (Wildman–Crippen LogP) is 3.90. The summed E-state index contributed by atoms with van der Waals surface area (Å²) < 4.78 is 4.24. The first-order valence-electron chi connectivity index (χ1n) is 9.30. The summed E-state index contributed by atoms with van der Waals surface area (Å²) in [5.74, 6) is 0.267. The van der Waals surface area contributed by atoms with E-state index in [1.807, 2.05) is 46.9 Å². The van der Waals surface area contributed by atoms with Gasteiger partial charge in [-0.3, -0.25) is 18.8 Å². The second-order valence-corrected chi connectivity index (χ2v) is 9.23. The highest BCUT2D eigenvalue weighted by Gasteiger charge is 2.16. The van der Waals surface area contributed by atoms with Gasteiger partial charge in [0.05, 0.1) is 33.7 Å². The van der Waals surface area contributed by atoms with Crippen LogP contribution in [0.4, 0.5) is 5.69 Å². The smallest absolute Gasteiger partial charge is 0.262 e. The Morgan fingerprint density at radius 1 is 1.31 bits per heavy atom. The van der Waals surface area contributed by atoms with Gasteiger partial charge in [-0.05, 0) is 38.0 Å². The molecule has 2 heterocycles. The molecule has 0 aliphatic rings. The molecule has 7 nitrogen and oxygen atoms in total. The number of nitrogens with zero attached hydrogens (tertiary/aromatic N) is 4. The highest BCUT2D eigenvalue weighted by Crippen LogP contribution is 2.23. The van der Waals surface area contributed by atoms with Crippen LogP contribution >= 0.6 is 27.7 Å². The summed E-state index contributed by atoms with van der Waals surface area (Å²) in [6.45, 7) is 8.41. The maximum Gasteiger partial charge on any atom is 0.262 e. The van der Waals surface area contributed by atoms with Gasteiger partial charge in [0.1, 0.15) is 0 Å². The van der Waals surface area contributed by atoms with Crippen LogP contribution in [0.25, 0.3) is 10.9 Å². The number of carbonyl (C=O) groups excluding carboxylic acids is 1. The molecule has 0 saturated heterocycles. The zero-order valence-corrected chi connectivity index (χ0v) is 19.5. The number of fused-ring (bicyclic) bond motifs is 1. The number of anilines is 1. The molecule has 154 valence electrons. The van der Waals surface area contributed by atoms with E-state index in [0.29, 0.717) is 22.6 Å². The van der Waals surface area contributed by atoms with Gasteiger partial charge in [0, 0.05) is 18.1 Å². The number of aryl methyl sites for hydroxylation is 2. The van der Waals surface area contributed by atoms with Crippen molar-refractivity contribution in [2.24, 2.45) is 13.0 Å². The van der Waals surface area contributed by atoms with Crippen LogP contribution in [-0.2, 0) is 18.4 Å². The average molecular weight is 478 g/mol. The van der Waals surface area contributed by atoms with Crippen molar-refractivity contribution in [1.82, 2.24) is 19.3 Å². The van der Waals surface area contributed by atoms with E-state index in [1.165, 1.54) is 11.8 Å². The topological polar surface area (TPSA) is 81.8 Å². The summed E-state index contributed by atoms with van der Waals surface area (Å²) in [5, 5.41) is 8.35. The SMILES string of the molecule is Cc1nn(C)c(C)c1NC(=O)CSc1nc2ccc(Br)cc2c(=O)n1CC(C)C. The molecule has 3 rings (SSSR count). The monoisotopic (exact) mass is 477 g/mol. The first-order chi connectivity index (χ1) is 13.7. The highest BCUT2D eigenvalue weighted by molar-refractivity contribution is 9.10. The molecule has 1 amide bonds. The van der Waals surface area contributed by atoms with Crippen LogP contribution in [0, 0.1) is 19.8 Å². The minimum Gasteiger partial charge on any atom is -0.322 e. The summed E-state index contributed by atoms with van der Waals surface area (Å²) in [4.78, 5) is 30.2. The second kappa shape index (κ2) is 8.71. The lowest BCUT2D eigenvalue weighted by molar-refractivity contribution is -0.113. The number of aromatic nitrogens is 4. The summed E-state index contributed by atoms with van der Waals surface area (Å²) in [6.07, 6.45) is 0. The van der Waals surface area contributed by atoms with Gasteiger partial charge in [-0.2, -0.15) is 5.10 Å². The van der Waals surface area contributed by atoms with E-state index in [9.17, 15) is 9.59 Å². The Morgan fingerprint density at radius 2 is 2.03 bits per heavy atom. The predicted molar refractivity (Wildman–Crippen MR) is 121 cm³/mol. The normalized spacial score (nSPS) is 11.4. The molecule has 0 radical (unpaired) electrons. The molecule has 0 saturated carbocycles. The maximum atomic E-state index is 13.0. The molecule has 0 unspecified atom stereocenters. The third-order valence-corrected chi connectivity index (χ3v) is 6.00. The quantitative estimate of drug-likeness (QED) is 0.430. The van der Waals surface area contributed by atoms with E-state index >= 15 is 0 Å². The molecule has 2 aromatic heterocycles. The minimum atomic E-state index is -0.157. The molecule has 0 bridgehead atoms. The number of halogens is 1. The molecule has 0 fully saturated rings. The Morgan fingerprint density at radius 3 is 2.66 bits per heavy atom. The minimum absolute atomic E-state index is 0.0909. The Kier molecular flexibility index (Phi) is 6.48. The number of rotatable bonds is 6. The van der Waals surface area contributed by atoms with E-state index in [4.69, 9.17) is 0 Å². The molecule has 1 N–H and O–H groups in total. The molecule has 0 atom stereocenters. The van der Waals surface area contributed by atoms with Crippen molar-refractivity contribution in [3.8, 4) is 0 Å². The van der Waals surface area contributed by atoms with Crippen molar-refractivity contribution < 1.29 is 4.79 Å². The van der Waals surface area contributed by atoms with Crippen LogP contribution in [0.5, 0.6) is 0 Å². The fourth-order valence-electron chi connectivity index (χ4n) is 3.07. The van der Waals surface area contributed by atoms with E-state index in [-0.39, 0.29) is 23.1 Å². The Bertz CT molecular complexity index is 1140. The molecule has 1 aromatic carbocycles. The number of benzene rings is 1. The lowest BCUT2D eigenvalue weighted by atomic mass is 10.2. The van der Waals surface area contributed by atoms with Crippen molar-refractivity contribution in [2.45, 2.75) is 39.4 Å². The van der Waals surface area contributed by atoms with Gasteiger partial charge >= 0.3 is 0 Å². The summed E-state index contributed by atoms with van der Waals surface area (Å²) >= 11 is 4.68. The van der Waals surface area contributed by atoms with Crippen LogP contribution in [0.2, 0.25) is 0 Å². The lowest BCUT2D eigenvalue weighted by Crippen LogP contribution is -2.26. The Hall–Kier alpha value is -2.13. The fourth-order valence-corrected chi connectivity index (χ4v) is 4.24. The first-order valence-corrected chi connectivity index (χ1v) is 11.1. The van der Waals surface area contributed by atoms with Crippen molar-refractivity contribution in [3.63, 3.8) is 0 Å². The summed E-state index contributed by atoms with van der Waals surface area (Å²) in [6, 6.07) is 5.46. The number of hydrogen-bond acceptors (Lipinski definition) is 5. The van der Waals surface area contributed by atoms with Gasteiger partial charge in [0.25, 0.3) is 5.56 Å². The van der Waals surface area contributed by atoms with Gasteiger partial charge < -0.3 is 5.32 Å². The summed E-state index contributed by atoms with van der Waals surface area (Å²) in [7, 11) is 1.84. The molecule has 0 aliphatic carbocycles. The van der Waals surface area contributed by atoms with E-state index in [1.54, 1.807) is 15.3 Å². The van der Waals surface area contributed by atoms with Crippen LogP contribution in [-0.4, -0.2) is 31.0 Å². The molecule has 3 aromatic rings. The molecule has 0 spiro atoms. The third kappa shape index (κ3) is 4.72. The van der Waals surface area contributed by atoms with Crippen LogP contribution < -0.4 is 10.9 Å². The summed E-state index contributed by atoms with van der Waals surface area (Å²) in [5.41, 5.74) is 2.93. The van der Waals surface area contributed by atoms with Gasteiger partial charge in [-0.15, -0.1) is 0 Å². The van der Waals surface area contributed by atoms with Crippen LogP contribution in [0.1, 0.15) is 25.2 Å². The number of hydrogen-bond donors (Lipinski definition) is 1. The Balaban J connectivity index is 1.87. The third-order valence-electron chi connectivity index (χ3n) is 4.53. The molecular formula is C20H24BrN5O2S. The van der Waals surface area contributed by atoms with Crippen molar-refractivity contribution in [2.75, 3.05) is 11.1 Å². The average Bonchev–Trinajstić information content (AvgIpc) is 2.89. The van der Waals surface area contributed by atoms with Gasteiger partial charge in [-0.1, -0.05) is 41.5 Å². The maximum absolute atomic E-state index is 13.0. The zero-order chi connectivity index (χ0) is 21.3. The van der Waals surface area contributed by atoms with E-state index in [2.05, 4.69) is 31.3 Å². The number of thioether (sulfide) groups is 1. The molecule has 9 heteroatoms.